The molecule has 35 heteroatoms. The van der Waals surface area contributed by atoms with Crippen molar-refractivity contribution in [2.75, 3.05) is 58.3 Å². The molecule has 24 nitrogen and oxygen atoms in total. The van der Waals surface area contributed by atoms with E-state index in [9.17, 15) is 55.7 Å². The first kappa shape index (κ1) is 84.5. The quantitative estimate of drug-likeness (QED) is 0.0163. The Balaban J connectivity index is -0.00000142. The molecular formula is C49H61F4N8Na3O16P2S2. The summed E-state index contributed by atoms with van der Waals surface area (Å²) in [6.45, 7) is -1.95. The standard InChI is InChI=1S/2C24H27F2N4O7P.CH4O.3Na.H2O.2H2S/c2*1-30(23(31)28-14-18-8-4-10-20(25)22(18)26)19(9-5-11-37-38(33,34)35)15-36-24(32)29-21-12-16-6-2-3-7-17(16)13-27-21;1-2;;;;;;/h2*2-4,6-8,10,12-13,19H,5,9,11,14-15H2,1H3,(H,28,31)(H,27,29,32)(H2,33,34,35);2H,1H3;;;;3*1H2/q;;;3*+1;;;/p-3/t2*19-;;;;;;;/m00......./s1. The van der Waals surface area contributed by atoms with Gasteiger partial charge in [0.2, 0.25) is 0 Å². The third-order valence-electron chi connectivity index (χ3n) is 11.1. The number of phosphoric ester groups is 2. The van der Waals surface area contributed by atoms with E-state index >= 15 is 0 Å². The number of hydrogen-bond donors (Lipinski definition) is 7. The molecule has 0 unspecified atom stereocenters. The van der Waals surface area contributed by atoms with Crippen LogP contribution in [-0.2, 0) is 40.7 Å². The van der Waals surface area contributed by atoms with Gasteiger partial charge in [-0.25, -0.2) is 51.3 Å². The summed E-state index contributed by atoms with van der Waals surface area (Å²) in [5.74, 6) is -3.78. The summed E-state index contributed by atoms with van der Waals surface area (Å²) in [7, 11) is -6.07. The minimum atomic E-state index is -5.17. The van der Waals surface area contributed by atoms with Gasteiger partial charge in [0.15, 0.2) is 23.3 Å². The Labute approximate surface area is 561 Å². The average Bonchev–Trinajstić information content (AvgIpc) is 3.40. The summed E-state index contributed by atoms with van der Waals surface area (Å²) >= 11 is 0. The number of anilines is 2. The van der Waals surface area contributed by atoms with Gasteiger partial charge >= 0.3 is 121 Å². The number of benzene rings is 4. The zero-order valence-corrected chi connectivity index (χ0v) is 56.3. The normalized spacial score (nSPS) is 11.0. The second kappa shape index (κ2) is 43.1. The number of aliphatic hydroxyl groups excluding tert-OH is 1. The van der Waals surface area contributed by atoms with Crippen molar-refractivity contribution in [2.24, 2.45) is 0 Å². The molecule has 6 rings (SSSR count). The molecule has 4 aromatic carbocycles. The maximum Gasteiger partial charge on any atom is 1.00 e. The van der Waals surface area contributed by atoms with Crippen LogP contribution in [0, 0.1) is 23.3 Å². The summed E-state index contributed by atoms with van der Waals surface area (Å²) in [5.41, 5.74) is -0.131. The van der Waals surface area contributed by atoms with E-state index in [-0.39, 0.29) is 202 Å². The Morgan fingerprint density at radius 2 is 0.952 bits per heavy atom. The molecule has 0 aliphatic carbocycles. The largest absolute Gasteiger partial charge is 1.00 e. The number of amides is 6. The van der Waals surface area contributed by atoms with Crippen molar-refractivity contribution in [3.63, 3.8) is 0 Å². The van der Waals surface area contributed by atoms with Gasteiger partial charge in [0.25, 0.3) is 0 Å². The molecule has 0 bridgehead atoms. The second-order valence-electron chi connectivity index (χ2n) is 16.4. The maximum absolute atomic E-state index is 13.9. The number of hydrogen-bond acceptors (Lipinski definition) is 16. The van der Waals surface area contributed by atoms with E-state index in [1.54, 1.807) is 24.5 Å². The number of phosphoric acid groups is 2. The van der Waals surface area contributed by atoms with Crippen LogP contribution in [0.1, 0.15) is 36.8 Å². The third-order valence-corrected chi connectivity index (χ3v) is 12.1. The van der Waals surface area contributed by atoms with Gasteiger partial charge in [-0.1, -0.05) is 72.8 Å². The maximum atomic E-state index is 13.9. The predicted octanol–water partition coefficient (Wildman–Crippen LogP) is -2.27. The smallest absolute Gasteiger partial charge is 0.870 e. The monoisotopic (exact) mass is 1290 g/mol. The van der Waals surface area contributed by atoms with Gasteiger partial charge in [-0.05, 0) is 60.7 Å². The van der Waals surface area contributed by atoms with Gasteiger partial charge in [0.1, 0.15) is 24.8 Å². The zero-order valence-electron chi connectivity index (χ0n) is 46.5. The van der Waals surface area contributed by atoms with Crippen LogP contribution in [0.5, 0.6) is 0 Å². The molecule has 446 valence electrons. The van der Waals surface area contributed by atoms with Crippen LogP contribution in [0.3, 0.4) is 0 Å². The second-order valence-corrected chi connectivity index (χ2v) is 18.8. The minimum Gasteiger partial charge on any atom is -0.870 e. The Bertz CT molecular complexity index is 2890. The van der Waals surface area contributed by atoms with E-state index in [1.807, 2.05) is 48.5 Å². The third kappa shape index (κ3) is 30.3. The zero-order chi connectivity index (χ0) is 57.4. The summed E-state index contributed by atoms with van der Waals surface area (Å²) in [4.78, 5) is 99.9. The van der Waals surface area contributed by atoms with Crippen LogP contribution in [0.2, 0.25) is 0 Å². The van der Waals surface area contributed by atoms with Crippen LogP contribution in [0.25, 0.3) is 21.5 Å². The number of aromatic nitrogens is 2. The van der Waals surface area contributed by atoms with Crippen LogP contribution < -0.4 is 120 Å². The number of carbonyl (C=O) groups excluding carboxylic acids is 4. The number of ether oxygens (including phenoxy) is 2. The van der Waals surface area contributed by atoms with Crippen molar-refractivity contribution in [3.05, 3.63) is 144 Å². The molecule has 8 N–H and O–H groups in total. The van der Waals surface area contributed by atoms with Gasteiger partial charge in [0, 0.05) is 68.6 Å². The van der Waals surface area contributed by atoms with Crippen LogP contribution in [-0.4, -0.2) is 124 Å². The molecule has 0 radical (unpaired) electrons. The van der Waals surface area contributed by atoms with Crippen molar-refractivity contribution in [1.82, 2.24) is 30.4 Å². The van der Waals surface area contributed by atoms with E-state index < -0.39 is 81.9 Å². The first-order valence-corrected chi connectivity index (χ1v) is 26.3. The number of nitrogens with one attached hydrogen (secondary N) is 4. The van der Waals surface area contributed by atoms with E-state index in [2.05, 4.69) is 40.3 Å². The average molecular weight is 1290 g/mol. The van der Waals surface area contributed by atoms with Crippen molar-refractivity contribution in [3.8, 4) is 0 Å². The first-order valence-electron chi connectivity index (χ1n) is 23.3. The van der Waals surface area contributed by atoms with Crippen LogP contribution in [0.4, 0.5) is 48.4 Å². The fraction of sp³-hybridized carbons (Fsp3) is 0.306. The Hall–Kier alpha value is -3.66. The number of carbonyl (C=O) groups is 4. The van der Waals surface area contributed by atoms with Crippen molar-refractivity contribution in [2.45, 2.75) is 50.9 Å². The summed E-state index contributed by atoms with van der Waals surface area (Å²) in [6.07, 6.45) is 1.86. The number of fused-ring (bicyclic) bond motifs is 2. The van der Waals surface area contributed by atoms with Crippen molar-refractivity contribution >= 4 is 100 Å². The fourth-order valence-corrected chi connectivity index (χ4v) is 7.72. The molecule has 6 aromatic rings. The molecular weight excluding hydrogens is 1230 g/mol. The molecule has 0 saturated carbocycles. The summed E-state index contributed by atoms with van der Waals surface area (Å²) < 4.78 is 95.4. The van der Waals surface area contributed by atoms with Crippen LogP contribution >= 0.6 is 42.6 Å². The molecule has 6 amide bonds. The Morgan fingerprint density at radius 1 is 0.595 bits per heavy atom. The fourth-order valence-electron chi connectivity index (χ4n) is 7.00. The first-order chi connectivity index (χ1) is 37.1. The SMILES string of the molecule is CN(C(=O)NCc1cccc(F)c1F)[C@@H](CCCOP(=O)(O)O)COC(=O)Nc1cc2ccccc2cn1.CN(C(=O)NCc1cccc(F)c1F)[C@@H](CCCOP(=O)([O-])[O-])COC(=O)Nc1cc2ccccc2cn1.CO.S.S.[Na+].[Na+].[Na+].[OH-]. The Morgan fingerprint density at radius 3 is 1.31 bits per heavy atom. The number of pyridine rings is 2. The number of rotatable bonds is 22. The number of nitrogens with zero attached hydrogens (tertiary/aromatic N) is 4. The van der Waals surface area contributed by atoms with Gasteiger partial charge in [-0.3, -0.25) is 15.2 Å². The molecule has 0 spiro atoms. The minimum absolute atomic E-state index is 0. The van der Waals surface area contributed by atoms with Gasteiger partial charge < -0.3 is 69.2 Å². The predicted molar refractivity (Wildman–Crippen MR) is 295 cm³/mol. The van der Waals surface area contributed by atoms with Gasteiger partial charge in [-0.2, -0.15) is 27.0 Å². The molecule has 2 aromatic heterocycles. The molecule has 84 heavy (non-hydrogen) atoms. The molecule has 0 aliphatic rings. The van der Waals surface area contributed by atoms with E-state index in [1.165, 1.54) is 43.3 Å². The van der Waals surface area contributed by atoms with Crippen LogP contribution in [0.15, 0.2) is 109 Å². The van der Waals surface area contributed by atoms with Crippen molar-refractivity contribution < 1.29 is 183 Å². The van der Waals surface area contributed by atoms with Gasteiger partial charge in [-0.15, -0.1) is 0 Å². The van der Waals surface area contributed by atoms with Gasteiger partial charge in [0.05, 0.1) is 33.1 Å². The molecule has 0 saturated heterocycles. The van der Waals surface area contributed by atoms with E-state index in [0.29, 0.717) is 0 Å². The summed E-state index contributed by atoms with van der Waals surface area (Å²) in [6, 6.07) is 22.4. The van der Waals surface area contributed by atoms with Crippen molar-refractivity contribution in [1.29, 1.82) is 0 Å². The summed E-state index contributed by atoms with van der Waals surface area (Å²) in [5, 5.41) is 20.4. The molecule has 0 fully saturated rings. The molecule has 2 atom stereocenters. The topological polar surface area (TPSA) is 357 Å². The van der Waals surface area contributed by atoms with E-state index in [4.69, 9.17) is 24.4 Å². The molecule has 2 heterocycles. The number of likely N-dealkylation sites (N-methyl/N-ethyl adjacent to an activating group) is 2. The molecule has 0 aliphatic heterocycles. The number of aliphatic hydroxyl groups is 1. The Kier molecular flexibility index (Phi) is 43.3. The van der Waals surface area contributed by atoms with E-state index in [0.717, 1.165) is 45.7 Å². The number of urea groups is 2. The number of halogens is 4.